The summed E-state index contributed by atoms with van der Waals surface area (Å²) in [7, 11) is 0. The fourth-order valence-electron chi connectivity index (χ4n) is 3.31. The smallest absolute Gasteiger partial charge is 0.128 e. The second-order valence-corrected chi connectivity index (χ2v) is 7.86. The van der Waals surface area contributed by atoms with Crippen molar-refractivity contribution in [2.24, 2.45) is 5.73 Å². The summed E-state index contributed by atoms with van der Waals surface area (Å²) in [4.78, 5) is 2.23. The zero-order chi connectivity index (χ0) is 15.8. The van der Waals surface area contributed by atoms with Gasteiger partial charge in [0.2, 0.25) is 0 Å². The van der Waals surface area contributed by atoms with Crippen LogP contribution in [-0.4, -0.2) is 35.7 Å². The van der Waals surface area contributed by atoms with Crippen LogP contribution >= 0.6 is 15.9 Å². The van der Waals surface area contributed by atoms with E-state index in [4.69, 9.17) is 10.5 Å². The molecule has 118 valence electrons. The number of rotatable bonds is 3. The molecule has 1 aliphatic heterocycles. The highest BCUT2D eigenvalue weighted by Gasteiger charge is 2.41. The number of ether oxygens (including phenoxy) is 1. The van der Waals surface area contributed by atoms with Crippen molar-refractivity contribution in [3.05, 3.63) is 34.1 Å². The number of halogens is 2. The third-order valence-corrected chi connectivity index (χ3v) is 4.19. The number of hydrogen-bond donors (Lipinski definition) is 1. The quantitative estimate of drug-likeness (QED) is 0.898. The Morgan fingerprint density at radius 3 is 2.38 bits per heavy atom. The third kappa shape index (κ3) is 4.03. The first-order chi connectivity index (χ1) is 9.63. The SMILES string of the molecule is CC1(C)CN(C(CN)c2cc(Br)ccc2F)CC(C)(C)O1. The first-order valence-corrected chi connectivity index (χ1v) is 8.02. The minimum Gasteiger partial charge on any atom is -0.367 e. The van der Waals surface area contributed by atoms with Crippen LogP contribution in [-0.2, 0) is 4.74 Å². The molecular formula is C16H24BrFN2O. The van der Waals surface area contributed by atoms with Gasteiger partial charge in [0.05, 0.1) is 17.2 Å². The molecule has 0 spiro atoms. The Morgan fingerprint density at radius 1 is 1.29 bits per heavy atom. The van der Waals surface area contributed by atoms with Crippen molar-refractivity contribution in [3.8, 4) is 0 Å². The molecule has 1 aliphatic rings. The van der Waals surface area contributed by atoms with Crippen molar-refractivity contribution in [3.63, 3.8) is 0 Å². The summed E-state index contributed by atoms with van der Waals surface area (Å²) in [6.45, 7) is 10.1. The Hall–Kier alpha value is -0.490. The van der Waals surface area contributed by atoms with E-state index >= 15 is 0 Å². The molecule has 5 heteroatoms. The lowest BCUT2D eigenvalue weighted by molar-refractivity contribution is -0.187. The van der Waals surface area contributed by atoms with E-state index in [-0.39, 0.29) is 23.1 Å². The largest absolute Gasteiger partial charge is 0.367 e. The monoisotopic (exact) mass is 358 g/mol. The van der Waals surface area contributed by atoms with E-state index in [1.807, 2.05) is 6.07 Å². The number of nitrogens with zero attached hydrogens (tertiary/aromatic N) is 1. The second kappa shape index (κ2) is 5.95. The molecule has 0 aliphatic carbocycles. The maximum atomic E-state index is 14.2. The van der Waals surface area contributed by atoms with Crippen molar-refractivity contribution in [1.29, 1.82) is 0 Å². The van der Waals surface area contributed by atoms with E-state index in [0.717, 1.165) is 17.6 Å². The van der Waals surface area contributed by atoms with E-state index in [0.29, 0.717) is 12.1 Å². The maximum Gasteiger partial charge on any atom is 0.128 e. The highest BCUT2D eigenvalue weighted by molar-refractivity contribution is 9.10. The second-order valence-electron chi connectivity index (χ2n) is 6.94. The number of hydrogen-bond acceptors (Lipinski definition) is 3. The Labute approximate surface area is 134 Å². The molecule has 0 bridgehead atoms. The molecule has 1 unspecified atom stereocenters. The van der Waals surface area contributed by atoms with E-state index < -0.39 is 0 Å². The van der Waals surface area contributed by atoms with Crippen LogP contribution in [0.3, 0.4) is 0 Å². The Balaban J connectivity index is 2.34. The minimum atomic E-state index is -0.280. The molecule has 1 heterocycles. The first kappa shape index (κ1) is 16.9. The van der Waals surface area contributed by atoms with E-state index in [9.17, 15) is 4.39 Å². The summed E-state index contributed by atoms with van der Waals surface area (Å²) in [5.41, 5.74) is 6.05. The van der Waals surface area contributed by atoms with Crippen LogP contribution in [0.5, 0.6) is 0 Å². The van der Waals surface area contributed by atoms with Gasteiger partial charge in [-0.1, -0.05) is 15.9 Å². The van der Waals surface area contributed by atoms with Crippen molar-refractivity contribution in [1.82, 2.24) is 4.90 Å². The summed E-state index contributed by atoms with van der Waals surface area (Å²) >= 11 is 3.41. The van der Waals surface area contributed by atoms with Gasteiger partial charge >= 0.3 is 0 Å². The molecule has 21 heavy (non-hydrogen) atoms. The molecular weight excluding hydrogens is 335 g/mol. The number of morpholine rings is 1. The minimum absolute atomic E-state index is 0.148. The molecule has 0 aromatic heterocycles. The molecule has 2 N–H and O–H groups in total. The normalized spacial score (nSPS) is 23.0. The van der Waals surface area contributed by atoms with Crippen molar-refractivity contribution in [2.75, 3.05) is 19.6 Å². The van der Waals surface area contributed by atoms with Gasteiger partial charge in [0.25, 0.3) is 0 Å². The predicted molar refractivity (Wildman–Crippen MR) is 86.7 cm³/mol. The van der Waals surface area contributed by atoms with Gasteiger partial charge in [-0.05, 0) is 45.9 Å². The summed E-state index contributed by atoms with van der Waals surface area (Å²) in [5.74, 6) is -0.212. The van der Waals surface area contributed by atoms with Gasteiger partial charge in [0.15, 0.2) is 0 Å². The molecule has 0 amide bonds. The molecule has 1 saturated heterocycles. The number of benzene rings is 1. The van der Waals surface area contributed by atoms with E-state index in [2.05, 4.69) is 48.5 Å². The van der Waals surface area contributed by atoms with Crippen LogP contribution in [0.15, 0.2) is 22.7 Å². The topological polar surface area (TPSA) is 38.5 Å². The molecule has 1 atom stereocenters. The Morgan fingerprint density at radius 2 is 1.86 bits per heavy atom. The molecule has 3 nitrogen and oxygen atoms in total. The summed E-state index contributed by atoms with van der Waals surface area (Å²) in [6.07, 6.45) is 0. The van der Waals surface area contributed by atoms with Gasteiger partial charge in [-0.2, -0.15) is 0 Å². The molecule has 1 aromatic rings. The van der Waals surface area contributed by atoms with Crippen LogP contribution in [0.2, 0.25) is 0 Å². The van der Waals surface area contributed by atoms with Gasteiger partial charge in [0.1, 0.15) is 5.82 Å². The maximum absolute atomic E-state index is 14.2. The Bertz CT molecular complexity index is 503. The molecule has 0 saturated carbocycles. The van der Waals surface area contributed by atoms with Crippen LogP contribution in [0.1, 0.15) is 39.3 Å². The van der Waals surface area contributed by atoms with Crippen LogP contribution in [0.4, 0.5) is 4.39 Å². The van der Waals surface area contributed by atoms with Crippen LogP contribution in [0, 0.1) is 5.82 Å². The molecule has 0 radical (unpaired) electrons. The summed E-state index contributed by atoms with van der Waals surface area (Å²) < 4.78 is 21.2. The van der Waals surface area contributed by atoms with Crippen molar-refractivity contribution in [2.45, 2.75) is 44.9 Å². The van der Waals surface area contributed by atoms with Gasteiger partial charge < -0.3 is 10.5 Å². The molecule has 1 aromatic carbocycles. The average molecular weight is 359 g/mol. The summed E-state index contributed by atoms with van der Waals surface area (Å²) in [5, 5.41) is 0. The predicted octanol–water partition coefficient (Wildman–Crippen LogP) is 3.48. The zero-order valence-electron chi connectivity index (χ0n) is 13.1. The van der Waals surface area contributed by atoms with E-state index in [1.165, 1.54) is 6.07 Å². The van der Waals surface area contributed by atoms with Gasteiger partial charge in [0, 0.05) is 29.7 Å². The van der Waals surface area contributed by atoms with E-state index in [1.54, 1.807) is 6.07 Å². The lowest BCUT2D eigenvalue weighted by Crippen LogP contribution is -2.58. The van der Waals surface area contributed by atoms with Crippen LogP contribution < -0.4 is 5.73 Å². The number of nitrogens with two attached hydrogens (primary N) is 1. The highest BCUT2D eigenvalue weighted by atomic mass is 79.9. The highest BCUT2D eigenvalue weighted by Crippen LogP contribution is 2.34. The first-order valence-electron chi connectivity index (χ1n) is 7.23. The Kier molecular flexibility index (Phi) is 4.78. The van der Waals surface area contributed by atoms with Crippen LogP contribution in [0.25, 0.3) is 0 Å². The zero-order valence-corrected chi connectivity index (χ0v) is 14.7. The average Bonchev–Trinajstić information content (AvgIpc) is 2.30. The third-order valence-electron chi connectivity index (χ3n) is 3.70. The molecule has 2 rings (SSSR count). The molecule has 1 fully saturated rings. The summed E-state index contributed by atoms with van der Waals surface area (Å²) in [6, 6.07) is 4.87. The lowest BCUT2D eigenvalue weighted by Gasteiger charge is -2.49. The van der Waals surface area contributed by atoms with Gasteiger partial charge in [-0.15, -0.1) is 0 Å². The standard InChI is InChI=1S/C16H24BrFN2O/c1-15(2)9-20(10-16(3,4)21-15)14(8-19)12-7-11(17)5-6-13(12)18/h5-7,14H,8-10,19H2,1-4H3. The lowest BCUT2D eigenvalue weighted by atomic mass is 9.95. The van der Waals surface area contributed by atoms with Crippen molar-refractivity contribution < 1.29 is 9.13 Å². The van der Waals surface area contributed by atoms with Gasteiger partial charge in [-0.3, -0.25) is 4.90 Å². The van der Waals surface area contributed by atoms with Gasteiger partial charge in [-0.25, -0.2) is 4.39 Å². The fraction of sp³-hybridized carbons (Fsp3) is 0.625. The van der Waals surface area contributed by atoms with Crippen molar-refractivity contribution >= 4 is 15.9 Å². The fourth-order valence-corrected chi connectivity index (χ4v) is 3.69.